The van der Waals surface area contributed by atoms with E-state index in [0.29, 0.717) is 18.3 Å². The molecule has 1 heterocycles. The molecule has 0 fully saturated rings. The number of anilines is 2. The van der Waals surface area contributed by atoms with Crippen molar-refractivity contribution in [3.05, 3.63) is 46.4 Å². The van der Waals surface area contributed by atoms with Gasteiger partial charge in [-0.25, -0.2) is 15.2 Å². The van der Waals surface area contributed by atoms with Crippen LogP contribution in [0, 0.1) is 12.7 Å². The Morgan fingerprint density at radius 1 is 1.32 bits per heavy atom. The Bertz CT molecular complexity index is 590. The fourth-order valence-electron chi connectivity index (χ4n) is 1.57. The fraction of sp³-hybridized carbons (Fsp3) is 0.167. The lowest BCUT2D eigenvalue weighted by atomic mass is 10.2. The fourth-order valence-corrected chi connectivity index (χ4v) is 1.77. The molecule has 100 valence electrons. The van der Waals surface area contributed by atoms with Crippen molar-refractivity contribution in [3.8, 4) is 0 Å². The van der Waals surface area contributed by atoms with Crippen LogP contribution in [-0.4, -0.2) is 9.97 Å². The van der Waals surface area contributed by atoms with E-state index in [1.165, 1.54) is 6.07 Å². The molecule has 0 unspecified atom stereocenters. The number of rotatable bonds is 4. The quantitative estimate of drug-likeness (QED) is 0.593. The van der Waals surface area contributed by atoms with E-state index in [1.54, 1.807) is 18.2 Å². The topological polar surface area (TPSA) is 75.9 Å². The lowest BCUT2D eigenvalue weighted by Crippen LogP contribution is -2.12. The first-order chi connectivity index (χ1) is 9.08. The minimum Gasteiger partial charge on any atom is -0.366 e. The summed E-state index contributed by atoms with van der Waals surface area (Å²) in [7, 11) is 0. The minimum atomic E-state index is -0.432. The summed E-state index contributed by atoms with van der Waals surface area (Å²) in [6, 6.07) is 6.34. The van der Waals surface area contributed by atoms with Gasteiger partial charge in [-0.2, -0.15) is 4.98 Å². The monoisotopic (exact) mass is 281 g/mol. The molecule has 0 aliphatic heterocycles. The molecule has 19 heavy (non-hydrogen) atoms. The lowest BCUT2D eigenvalue weighted by molar-refractivity contribution is 0.627. The molecular formula is C12H13ClFN5. The highest BCUT2D eigenvalue weighted by molar-refractivity contribution is 6.30. The van der Waals surface area contributed by atoms with E-state index in [4.69, 9.17) is 17.4 Å². The number of nitrogens with two attached hydrogens (primary N) is 1. The van der Waals surface area contributed by atoms with Gasteiger partial charge in [0, 0.05) is 18.3 Å². The molecule has 2 aromatic rings. The first-order valence-corrected chi connectivity index (χ1v) is 5.96. The van der Waals surface area contributed by atoms with Crippen molar-refractivity contribution in [2.45, 2.75) is 13.5 Å². The zero-order valence-corrected chi connectivity index (χ0v) is 11.0. The molecule has 0 saturated carbocycles. The third-order valence-corrected chi connectivity index (χ3v) is 2.73. The Hall–Kier alpha value is -1.92. The number of nitrogens with zero attached hydrogens (tertiary/aromatic N) is 2. The maximum absolute atomic E-state index is 13.0. The second kappa shape index (κ2) is 5.81. The van der Waals surface area contributed by atoms with Gasteiger partial charge in [0.05, 0.1) is 5.02 Å². The molecule has 0 amide bonds. The van der Waals surface area contributed by atoms with Crippen LogP contribution in [0.1, 0.15) is 11.3 Å². The standard InChI is InChI=1S/C12H13ClFN5/c1-7-4-11(18-12(17-7)19-15)16-6-8-2-3-10(14)9(13)5-8/h2-5H,6,15H2,1H3,(H2,16,17,18,19). The van der Waals surface area contributed by atoms with Crippen LogP contribution in [-0.2, 0) is 6.54 Å². The van der Waals surface area contributed by atoms with Gasteiger partial charge in [-0.15, -0.1) is 0 Å². The number of benzene rings is 1. The molecule has 5 nitrogen and oxygen atoms in total. The van der Waals surface area contributed by atoms with Gasteiger partial charge in [0.15, 0.2) is 0 Å². The van der Waals surface area contributed by atoms with Crippen LogP contribution in [0.5, 0.6) is 0 Å². The third kappa shape index (κ3) is 3.52. The number of hydrogen-bond acceptors (Lipinski definition) is 5. The molecule has 0 radical (unpaired) electrons. The van der Waals surface area contributed by atoms with Gasteiger partial charge in [-0.1, -0.05) is 17.7 Å². The molecule has 7 heteroatoms. The summed E-state index contributed by atoms with van der Waals surface area (Å²) in [5, 5.41) is 3.19. The number of nitrogen functional groups attached to an aromatic ring is 1. The van der Waals surface area contributed by atoms with E-state index in [-0.39, 0.29) is 5.02 Å². The predicted octanol–water partition coefficient (Wildman–Crippen LogP) is 2.48. The van der Waals surface area contributed by atoms with E-state index in [1.807, 2.05) is 6.92 Å². The number of aromatic nitrogens is 2. The SMILES string of the molecule is Cc1cc(NCc2ccc(F)c(Cl)c2)nc(NN)n1. The highest BCUT2D eigenvalue weighted by atomic mass is 35.5. The molecule has 0 saturated heterocycles. The van der Waals surface area contributed by atoms with Gasteiger partial charge in [0.25, 0.3) is 0 Å². The Kier molecular flexibility index (Phi) is 4.13. The van der Waals surface area contributed by atoms with E-state index >= 15 is 0 Å². The average molecular weight is 282 g/mol. The largest absolute Gasteiger partial charge is 0.366 e. The van der Waals surface area contributed by atoms with E-state index in [0.717, 1.165) is 11.3 Å². The molecule has 1 aromatic carbocycles. The van der Waals surface area contributed by atoms with Crippen molar-refractivity contribution in [1.82, 2.24) is 9.97 Å². The number of hydrogen-bond donors (Lipinski definition) is 3. The van der Waals surface area contributed by atoms with Crippen molar-refractivity contribution >= 4 is 23.4 Å². The number of nitrogens with one attached hydrogen (secondary N) is 2. The van der Waals surface area contributed by atoms with E-state index in [2.05, 4.69) is 20.7 Å². The van der Waals surface area contributed by atoms with Crippen LogP contribution < -0.4 is 16.6 Å². The van der Waals surface area contributed by atoms with Gasteiger partial charge in [-0.3, -0.25) is 5.43 Å². The first-order valence-electron chi connectivity index (χ1n) is 5.58. The molecule has 0 aliphatic carbocycles. The Labute approximate surface area is 115 Å². The summed E-state index contributed by atoms with van der Waals surface area (Å²) in [6.45, 7) is 2.31. The van der Waals surface area contributed by atoms with Crippen molar-refractivity contribution < 1.29 is 4.39 Å². The van der Waals surface area contributed by atoms with Crippen molar-refractivity contribution in [2.24, 2.45) is 5.84 Å². The normalized spacial score (nSPS) is 10.3. The Morgan fingerprint density at radius 2 is 2.11 bits per heavy atom. The van der Waals surface area contributed by atoms with Crippen LogP contribution in [0.25, 0.3) is 0 Å². The Morgan fingerprint density at radius 3 is 2.79 bits per heavy atom. The van der Waals surface area contributed by atoms with Gasteiger partial charge >= 0.3 is 0 Å². The summed E-state index contributed by atoms with van der Waals surface area (Å²) in [5.74, 6) is 5.80. The molecule has 0 bridgehead atoms. The van der Waals surface area contributed by atoms with Gasteiger partial charge in [0.1, 0.15) is 11.6 Å². The smallest absolute Gasteiger partial charge is 0.239 e. The molecule has 2 rings (SSSR count). The summed E-state index contributed by atoms with van der Waals surface area (Å²) < 4.78 is 13.0. The van der Waals surface area contributed by atoms with Crippen LogP contribution in [0.3, 0.4) is 0 Å². The molecule has 0 atom stereocenters. The van der Waals surface area contributed by atoms with Crippen LogP contribution >= 0.6 is 11.6 Å². The summed E-state index contributed by atoms with van der Waals surface area (Å²) >= 11 is 5.71. The van der Waals surface area contributed by atoms with Crippen LogP contribution in [0.2, 0.25) is 5.02 Å². The van der Waals surface area contributed by atoms with E-state index in [9.17, 15) is 4.39 Å². The second-order valence-electron chi connectivity index (χ2n) is 3.96. The molecule has 0 aliphatic rings. The summed E-state index contributed by atoms with van der Waals surface area (Å²) in [6.07, 6.45) is 0. The second-order valence-corrected chi connectivity index (χ2v) is 4.37. The third-order valence-electron chi connectivity index (χ3n) is 2.44. The van der Waals surface area contributed by atoms with Crippen molar-refractivity contribution in [3.63, 3.8) is 0 Å². The highest BCUT2D eigenvalue weighted by Crippen LogP contribution is 2.17. The molecule has 0 spiro atoms. The highest BCUT2D eigenvalue weighted by Gasteiger charge is 2.03. The van der Waals surface area contributed by atoms with Crippen molar-refractivity contribution in [2.75, 3.05) is 10.7 Å². The zero-order valence-electron chi connectivity index (χ0n) is 10.2. The Balaban J connectivity index is 2.09. The van der Waals surface area contributed by atoms with Gasteiger partial charge < -0.3 is 5.32 Å². The van der Waals surface area contributed by atoms with Gasteiger partial charge in [-0.05, 0) is 24.6 Å². The minimum absolute atomic E-state index is 0.0995. The van der Waals surface area contributed by atoms with Crippen molar-refractivity contribution in [1.29, 1.82) is 0 Å². The van der Waals surface area contributed by atoms with Crippen LogP contribution in [0.15, 0.2) is 24.3 Å². The number of halogens is 2. The molecule has 4 N–H and O–H groups in total. The van der Waals surface area contributed by atoms with Crippen LogP contribution in [0.4, 0.5) is 16.2 Å². The predicted molar refractivity (Wildman–Crippen MR) is 73.3 cm³/mol. The molecular weight excluding hydrogens is 269 g/mol. The average Bonchev–Trinajstić information content (AvgIpc) is 2.39. The van der Waals surface area contributed by atoms with E-state index < -0.39 is 5.82 Å². The van der Waals surface area contributed by atoms with Gasteiger partial charge in [0.2, 0.25) is 5.95 Å². The lowest BCUT2D eigenvalue weighted by Gasteiger charge is -2.08. The molecule has 1 aromatic heterocycles. The maximum Gasteiger partial charge on any atom is 0.239 e. The first kappa shape index (κ1) is 13.5. The number of hydrazine groups is 1. The zero-order chi connectivity index (χ0) is 13.8. The summed E-state index contributed by atoms with van der Waals surface area (Å²) in [5.41, 5.74) is 4.02. The summed E-state index contributed by atoms with van der Waals surface area (Å²) in [4.78, 5) is 8.22. The maximum atomic E-state index is 13.0. The number of aryl methyl sites for hydroxylation is 1.